The third kappa shape index (κ3) is 2.99. The third-order valence-electron chi connectivity index (χ3n) is 2.88. The fraction of sp³-hybridized carbons (Fsp3) is 0.462. The molecule has 0 aromatic heterocycles. The van der Waals surface area contributed by atoms with Crippen molar-refractivity contribution in [3.05, 3.63) is 29.8 Å². The summed E-state index contributed by atoms with van der Waals surface area (Å²) in [6.45, 7) is 0. The topological polar surface area (TPSA) is 46.5 Å². The molecule has 1 N–H and O–H groups in total. The van der Waals surface area contributed by atoms with Crippen LogP contribution in [0.15, 0.2) is 24.3 Å². The van der Waals surface area contributed by atoms with Gasteiger partial charge in [0.1, 0.15) is 5.75 Å². The summed E-state index contributed by atoms with van der Waals surface area (Å²) in [5.74, 6) is 0.109. The molecular weight excluding hydrogens is 204 g/mol. The molecule has 1 fully saturated rings. The number of aryl methyl sites for hydroxylation is 1. The summed E-state index contributed by atoms with van der Waals surface area (Å²) in [5.41, 5.74) is 1.03. The number of rotatable bonds is 5. The standard InChI is InChI=1S/C13H16O3/c14-13(15)8-7-10-3-1-6-12(9-10)16-11-4-2-5-11/h1,3,6,9,11H,2,4-5,7-8H2,(H,14,15). The number of hydrogen-bond acceptors (Lipinski definition) is 2. The summed E-state index contributed by atoms with van der Waals surface area (Å²) in [5, 5.41) is 8.61. The minimum Gasteiger partial charge on any atom is -0.490 e. The van der Waals surface area contributed by atoms with Crippen LogP contribution in [0.4, 0.5) is 0 Å². The number of benzene rings is 1. The molecule has 0 heterocycles. The van der Waals surface area contributed by atoms with Crippen molar-refractivity contribution in [1.29, 1.82) is 0 Å². The zero-order valence-corrected chi connectivity index (χ0v) is 9.19. The van der Waals surface area contributed by atoms with Crippen LogP contribution in [-0.2, 0) is 11.2 Å². The number of carboxylic acid groups (broad SMARTS) is 1. The highest BCUT2D eigenvalue weighted by Crippen LogP contribution is 2.25. The van der Waals surface area contributed by atoms with Crippen molar-refractivity contribution in [2.45, 2.75) is 38.2 Å². The van der Waals surface area contributed by atoms with Gasteiger partial charge < -0.3 is 9.84 Å². The predicted molar refractivity (Wildman–Crippen MR) is 60.7 cm³/mol. The molecule has 86 valence electrons. The average molecular weight is 220 g/mol. The van der Waals surface area contributed by atoms with Gasteiger partial charge in [0.25, 0.3) is 0 Å². The van der Waals surface area contributed by atoms with E-state index in [1.807, 2.05) is 24.3 Å². The van der Waals surface area contributed by atoms with Crippen LogP contribution in [0.2, 0.25) is 0 Å². The van der Waals surface area contributed by atoms with Crippen LogP contribution in [0.1, 0.15) is 31.2 Å². The molecule has 0 aliphatic heterocycles. The van der Waals surface area contributed by atoms with E-state index in [1.165, 1.54) is 6.42 Å². The average Bonchev–Trinajstić information content (AvgIpc) is 2.21. The van der Waals surface area contributed by atoms with Gasteiger partial charge in [0.05, 0.1) is 6.10 Å². The molecule has 1 aromatic carbocycles. The Morgan fingerprint density at radius 2 is 2.25 bits per heavy atom. The molecule has 1 saturated carbocycles. The number of carboxylic acids is 1. The second-order valence-corrected chi connectivity index (χ2v) is 4.21. The lowest BCUT2D eigenvalue weighted by Gasteiger charge is -2.26. The summed E-state index contributed by atoms with van der Waals surface area (Å²) in [6.07, 6.45) is 4.64. The Kier molecular flexibility index (Phi) is 3.44. The van der Waals surface area contributed by atoms with Gasteiger partial charge in [-0.3, -0.25) is 4.79 Å². The zero-order chi connectivity index (χ0) is 11.4. The largest absolute Gasteiger partial charge is 0.490 e. The van der Waals surface area contributed by atoms with E-state index in [0.29, 0.717) is 12.5 Å². The van der Waals surface area contributed by atoms with Crippen LogP contribution in [0.25, 0.3) is 0 Å². The van der Waals surface area contributed by atoms with Crippen molar-refractivity contribution in [2.75, 3.05) is 0 Å². The highest BCUT2D eigenvalue weighted by atomic mass is 16.5. The molecule has 1 aromatic rings. The summed E-state index contributed by atoms with van der Waals surface area (Å²) < 4.78 is 5.75. The van der Waals surface area contributed by atoms with E-state index in [0.717, 1.165) is 24.2 Å². The van der Waals surface area contributed by atoms with Crippen molar-refractivity contribution >= 4 is 5.97 Å². The highest BCUT2D eigenvalue weighted by Gasteiger charge is 2.18. The molecule has 3 heteroatoms. The lowest BCUT2D eigenvalue weighted by molar-refractivity contribution is -0.136. The maximum absolute atomic E-state index is 10.5. The van der Waals surface area contributed by atoms with Crippen molar-refractivity contribution in [3.63, 3.8) is 0 Å². The van der Waals surface area contributed by atoms with Crippen molar-refractivity contribution in [1.82, 2.24) is 0 Å². The predicted octanol–water partition coefficient (Wildman–Crippen LogP) is 2.64. The first kappa shape index (κ1) is 11.0. The molecule has 0 atom stereocenters. The molecule has 2 rings (SSSR count). The summed E-state index contributed by atoms with van der Waals surface area (Å²) in [4.78, 5) is 10.5. The number of ether oxygens (including phenoxy) is 1. The van der Waals surface area contributed by atoms with Crippen molar-refractivity contribution < 1.29 is 14.6 Å². The van der Waals surface area contributed by atoms with E-state index in [-0.39, 0.29) is 6.42 Å². The van der Waals surface area contributed by atoms with Crippen LogP contribution in [-0.4, -0.2) is 17.2 Å². The van der Waals surface area contributed by atoms with E-state index >= 15 is 0 Å². The Balaban J connectivity index is 1.92. The van der Waals surface area contributed by atoms with Gasteiger partial charge in [-0.25, -0.2) is 0 Å². The second kappa shape index (κ2) is 5.01. The first-order valence-corrected chi connectivity index (χ1v) is 5.71. The van der Waals surface area contributed by atoms with E-state index in [2.05, 4.69) is 0 Å². The molecule has 1 aliphatic rings. The van der Waals surface area contributed by atoms with Gasteiger partial charge in [0, 0.05) is 6.42 Å². The smallest absolute Gasteiger partial charge is 0.303 e. The van der Waals surface area contributed by atoms with E-state index in [4.69, 9.17) is 9.84 Å². The van der Waals surface area contributed by atoms with Gasteiger partial charge in [-0.1, -0.05) is 12.1 Å². The Hall–Kier alpha value is -1.51. The summed E-state index contributed by atoms with van der Waals surface area (Å²) >= 11 is 0. The zero-order valence-electron chi connectivity index (χ0n) is 9.19. The minimum absolute atomic E-state index is 0.173. The number of carbonyl (C=O) groups is 1. The van der Waals surface area contributed by atoms with Crippen molar-refractivity contribution in [3.8, 4) is 5.75 Å². The number of hydrogen-bond donors (Lipinski definition) is 1. The fourth-order valence-electron chi connectivity index (χ4n) is 1.71. The van der Waals surface area contributed by atoms with Gasteiger partial charge in [0.15, 0.2) is 0 Å². The van der Waals surface area contributed by atoms with Crippen LogP contribution in [0, 0.1) is 0 Å². The van der Waals surface area contributed by atoms with Crippen LogP contribution in [0.3, 0.4) is 0 Å². The molecule has 3 nitrogen and oxygen atoms in total. The molecule has 0 spiro atoms. The molecule has 0 amide bonds. The van der Waals surface area contributed by atoms with E-state index < -0.39 is 5.97 Å². The lowest BCUT2D eigenvalue weighted by atomic mass is 9.96. The van der Waals surface area contributed by atoms with Gasteiger partial charge in [-0.05, 0) is 43.4 Å². The summed E-state index contributed by atoms with van der Waals surface area (Å²) in [6, 6.07) is 7.74. The van der Waals surface area contributed by atoms with Gasteiger partial charge in [0.2, 0.25) is 0 Å². The van der Waals surface area contributed by atoms with Crippen LogP contribution < -0.4 is 4.74 Å². The fourth-order valence-corrected chi connectivity index (χ4v) is 1.71. The Morgan fingerprint density at radius 1 is 1.44 bits per heavy atom. The first-order valence-electron chi connectivity index (χ1n) is 5.71. The monoisotopic (exact) mass is 220 g/mol. The lowest BCUT2D eigenvalue weighted by Crippen LogP contribution is -2.24. The van der Waals surface area contributed by atoms with Gasteiger partial charge in [-0.15, -0.1) is 0 Å². The Labute approximate surface area is 95.0 Å². The summed E-state index contributed by atoms with van der Waals surface area (Å²) in [7, 11) is 0. The Morgan fingerprint density at radius 3 is 2.88 bits per heavy atom. The number of aliphatic carboxylic acids is 1. The van der Waals surface area contributed by atoms with Crippen LogP contribution >= 0.6 is 0 Å². The molecule has 0 bridgehead atoms. The molecule has 16 heavy (non-hydrogen) atoms. The maximum Gasteiger partial charge on any atom is 0.303 e. The molecule has 0 unspecified atom stereocenters. The molecule has 0 radical (unpaired) electrons. The second-order valence-electron chi connectivity index (χ2n) is 4.21. The third-order valence-corrected chi connectivity index (χ3v) is 2.88. The molecule has 0 saturated heterocycles. The van der Waals surface area contributed by atoms with Gasteiger partial charge in [-0.2, -0.15) is 0 Å². The first-order chi connectivity index (χ1) is 7.74. The van der Waals surface area contributed by atoms with E-state index in [1.54, 1.807) is 0 Å². The quantitative estimate of drug-likeness (QED) is 0.829. The molecular formula is C13H16O3. The Bertz CT molecular complexity index is 369. The van der Waals surface area contributed by atoms with E-state index in [9.17, 15) is 4.79 Å². The highest BCUT2D eigenvalue weighted by molar-refractivity contribution is 5.67. The van der Waals surface area contributed by atoms with Crippen molar-refractivity contribution in [2.24, 2.45) is 0 Å². The SMILES string of the molecule is O=C(O)CCc1cccc(OC2CCC2)c1. The maximum atomic E-state index is 10.5. The minimum atomic E-state index is -0.759. The van der Waals surface area contributed by atoms with Gasteiger partial charge >= 0.3 is 5.97 Å². The molecule has 1 aliphatic carbocycles. The normalized spacial score (nSPS) is 15.5. The van der Waals surface area contributed by atoms with Crippen LogP contribution in [0.5, 0.6) is 5.75 Å².